The van der Waals surface area contributed by atoms with Gasteiger partial charge in [0.1, 0.15) is 5.76 Å². The fraction of sp³-hybridized carbons (Fsp3) is 0.750. The Hall–Kier alpha value is -0.840. The predicted molar refractivity (Wildman–Crippen MR) is 76.6 cm³/mol. The summed E-state index contributed by atoms with van der Waals surface area (Å²) >= 11 is 0. The summed E-state index contributed by atoms with van der Waals surface area (Å²) in [6.45, 7) is 3.37. The highest BCUT2D eigenvalue weighted by Crippen LogP contribution is 2.35. The van der Waals surface area contributed by atoms with Crippen LogP contribution in [0.2, 0.25) is 0 Å². The highest BCUT2D eigenvalue weighted by molar-refractivity contribution is 5.07. The molecule has 0 amide bonds. The van der Waals surface area contributed by atoms with E-state index in [4.69, 9.17) is 9.15 Å². The van der Waals surface area contributed by atoms with E-state index in [0.29, 0.717) is 24.3 Å². The number of nitrogens with zero attached hydrogens (tertiary/aromatic N) is 1. The van der Waals surface area contributed by atoms with E-state index >= 15 is 0 Å². The van der Waals surface area contributed by atoms with Gasteiger partial charge in [-0.3, -0.25) is 4.90 Å². The number of nitrogens with one attached hydrogen (secondary N) is 1. The fourth-order valence-corrected chi connectivity index (χ4v) is 4.06. The van der Waals surface area contributed by atoms with Gasteiger partial charge in [-0.2, -0.15) is 0 Å². The summed E-state index contributed by atoms with van der Waals surface area (Å²) in [6, 6.07) is 5.04. The summed E-state index contributed by atoms with van der Waals surface area (Å²) < 4.78 is 11.6. The maximum atomic E-state index is 5.93. The van der Waals surface area contributed by atoms with Crippen molar-refractivity contribution in [2.24, 2.45) is 0 Å². The molecule has 20 heavy (non-hydrogen) atoms. The Bertz CT molecular complexity index is 428. The molecule has 2 bridgehead atoms. The van der Waals surface area contributed by atoms with Crippen molar-refractivity contribution in [2.75, 3.05) is 19.6 Å². The molecular formula is C16H24N2O2. The van der Waals surface area contributed by atoms with E-state index in [0.717, 1.165) is 12.3 Å². The molecular weight excluding hydrogens is 252 g/mol. The van der Waals surface area contributed by atoms with Crippen LogP contribution < -0.4 is 5.32 Å². The summed E-state index contributed by atoms with van der Waals surface area (Å²) in [7, 11) is 0. The molecule has 0 saturated carbocycles. The van der Waals surface area contributed by atoms with Gasteiger partial charge in [0, 0.05) is 12.6 Å². The zero-order valence-corrected chi connectivity index (χ0v) is 12.0. The summed E-state index contributed by atoms with van der Waals surface area (Å²) in [6.07, 6.45) is 9.08. The quantitative estimate of drug-likeness (QED) is 0.895. The zero-order valence-electron chi connectivity index (χ0n) is 12.0. The molecule has 3 aliphatic rings. The molecule has 4 heterocycles. The molecule has 110 valence electrons. The minimum Gasteiger partial charge on any atom is -0.468 e. The molecule has 0 spiro atoms. The molecule has 1 aromatic heterocycles. The first-order valence-corrected chi connectivity index (χ1v) is 8.06. The lowest BCUT2D eigenvalue weighted by molar-refractivity contribution is 0.0957. The van der Waals surface area contributed by atoms with Gasteiger partial charge in [0.2, 0.25) is 0 Å². The van der Waals surface area contributed by atoms with Crippen molar-refractivity contribution in [1.82, 2.24) is 10.2 Å². The van der Waals surface area contributed by atoms with Crippen LogP contribution in [-0.2, 0) is 4.74 Å². The van der Waals surface area contributed by atoms with Crippen LogP contribution in [0.25, 0.3) is 0 Å². The van der Waals surface area contributed by atoms with Crippen LogP contribution in [0.5, 0.6) is 0 Å². The smallest absolute Gasteiger partial charge is 0.122 e. The van der Waals surface area contributed by atoms with Gasteiger partial charge in [-0.05, 0) is 57.3 Å². The van der Waals surface area contributed by atoms with Crippen molar-refractivity contribution < 1.29 is 9.15 Å². The van der Waals surface area contributed by atoms with Crippen molar-refractivity contribution in [3.8, 4) is 0 Å². The number of hydrogen-bond donors (Lipinski definition) is 1. The number of fused-ring (bicyclic) bond motifs is 2. The molecule has 3 aliphatic heterocycles. The number of ether oxygens (including phenoxy) is 1. The van der Waals surface area contributed by atoms with E-state index in [1.165, 1.54) is 45.2 Å². The fourth-order valence-electron chi connectivity index (χ4n) is 4.06. The molecule has 0 aliphatic carbocycles. The molecule has 3 fully saturated rings. The van der Waals surface area contributed by atoms with Crippen molar-refractivity contribution in [2.45, 2.75) is 56.4 Å². The van der Waals surface area contributed by atoms with Crippen LogP contribution in [0.3, 0.4) is 0 Å². The molecule has 1 N–H and O–H groups in total. The van der Waals surface area contributed by atoms with Gasteiger partial charge in [-0.1, -0.05) is 0 Å². The Morgan fingerprint density at radius 1 is 1.30 bits per heavy atom. The minimum atomic E-state index is 0.381. The Morgan fingerprint density at radius 3 is 2.85 bits per heavy atom. The summed E-state index contributed by atoms with van der Waals surface area (Å²) in [5.74, 6) is 1.10. The number of furan rings is 1. The average molecular weight is 276 g/mol. The van der Waals surface area contributed by atoms with Crippen molar-refractivity contribution in [3.05, 3.63) is 24.2 Å². The lowest BCUT2D eigenvalue weighted by atomic mass is 9.95. The lowest BCUT2D eigenvalue weighted by Gasteiger charge is -2.29. The van der Waals surface area contributed by atoms with Crippen LogP contribution in [-0.4, -0.2) is 42.8 Å². The van der Waals surface area contributed by atoms with Crippen LogP contribution in [0.4, 0.5) is 0 Å². The number of rotatable bonds is 5. The number of likely N-dealkylation sites (tertiary alicyclic amines) is 1. The van der Waals surface area contributed by atoms with E-state index in [9.17, 15) is 0 Å². The molecule has 4 atom stereocenters. The van der Waals surface area contributed by atoms with Crippen LogP contribution in [0.15, 0.2) is 22.8 Å². The molecule has 0 radical (unpaired) electrons. The largest absolute Gasteiger partial charge is 0.468 e. The third kappa shape index (κ3) is 2.41. The Labute approximate surface area is 120 Å². The van der Waals surface area contributed by atoms with Crippen molar-refractivity contribution >= 4 is 0 Å². The first-order chi connectivity index (χ1) is 9.90. The first kappa shape index (κ1) is 12.9. The third-order valence-electron chi connectivity index (χ3n) is 5.13. The van der Waals surface area contributed by atoms with Crippen LogP contribution in [0, 0.1) is 0 Å². The second kappa shape index (κ2) is 5.51. The molecule has 1 aromatic rings. The van der Waals surface area contributed by atoms with E-state index in [-0.39, 0.29) is 0 Å². The highest BCUT2D eigenvalue weighted by atomic mass is 16.5. The topological polar surface area (TPSA) is 37.6 Å². The standard InChI is InChI=1S/C16H24N2O2/c1-2-8-18(7-1)14(16-4-3-9-19-16)11-17-13-10-12-5-6-15(13)20-12/h3-4,9,12-15,17H,1-2,5-8,10-11H2. The summed E-state index contributed by atoms with van der Waals surface area (Å²) in [5.41, 5.74) is 0. The van der Waals surface area contributed by atoms with E-state index in [1.54, 1.807) is 6.26 Å². The molecule has 0 aromatic carbocycles. The molecule has 4 rings (SSSR count). The second-order valence-electron chi connectivity index (χ2n) is 6.40. The maximum Gasteiger partial charge on any atom is 0.122 e. The van der Waals surface area contributed by atoms with Gasteiger partial charge < -0.3 is 14.5 Å². The zero-order chi connectivity index (χ0) is 13.4. The predicted octanol–water partition coefficient (Wildman–Crippen LogP) is 2.33. The second-order valence-corrected chi connectivity index (χ2v) is 6.40. The van der Waals surface area contributed by atoms with Gasteiger partial charge in [-0.15, -0.1) is 0 Å². The van der Waals surface area contributed by atoms with Gasteiger partial charge in [0.25, 0.3) is 0 Å². The van der Waals surface area contributed by atoms with E-state index < -0.39 is 0 Å². The maximum absolute atomic E-state index is 5.93. The third-order valence-corrected chi connectivity index (χ3v) is 5.13. The van der Waals surface area contributed by atoms with Gasteiger partial charge in [0.15, 0.2) is 0 Å². The average Bonchev–Trinajstić information content (AvgIpc) is 3.25. The molecule has 3 saturated heterocycles. The highest BCUT2D eigenvalue weighted by Gasteiger charge is 2.41. The van der Waals surface area contributed by atoms with E-state index in [2.05, 4.69) is 16.3 Å². The Morgan fingerprint density at radius 2 is 2.20 bits per heavy atom. The Balaban J connectivity index is 1.40. The lowest BCUT2D eigenvalue weighted by Crippen LogP contribution is -2.42. The van der Waals surface area contributed by atoms with Crippen LogP contribution in [0.1, 0.15) is 43.9 Å². The summed E-state index contributed by atoms with van der Waals surface area (Å²) in [5, 5.41) is 3.75. The normalized spacial score (nSPS) is 34.9. The molecule has 4 unspecified atom stereocenters. The van der Waals surface area contributed by atoms with Crippen molar-refractivity contribution in [1.29, 1.82) is 0 Å². The summed E-state index contributed by atoms with van der Waals surface area (Å²) in [4.78, 5) is 2.56. The first-order valence-electron chi connectivity index (χ1n) is 8.06. The minimum absolute atomic E-state index is 0.381. The Kier molecular flexibility index (Phi) is 3.54. The monoisotopic (exact) mass is 276 g/mol. The van der Waals surface area contributed by atoms with Gasteiger partial charge >= 0.3 is 0 Å². The number of hydrogen-bond acceptors (Lipinski definition) is 4. The SMILES string of the molecule is c1coc(C(CNC2CC3CCC2O3)N2CCCC2)c1. The van der Waals surface area contributed by atoms with Gasteiger partial charge in [0.05, 0.1) is 24.5 Å². The molecule has 4 heteroatoms. The molecule has 4 nitrogen and oxygen atoms in total. The van der Waals surface area contributed by atoms with Crippen molar-refractivity contribution in [3.63, 3.8) is 0 Å². The van der Waals surface area contributed by atoms with E-state index in [1.807, 2.05) is 6.07 Å². The van der Waals surface area contributed by atoms with Crippen LogP contribution >= 0.6 is 0 Å². The van der Waals surface area contributed by atoms with Gasteiger partial charge in [-0.25, -0.2) is 0 Å².